The number of hydrogen-bond donors (Lipinski definition) is 1. The fraction of sp³-hybridized carbons (Fsp3) is 0.308. The number of hydrogen-bond acceptors (Lipinski definition) is 3. The van der Waals surface area contributed by atoms with Gasteiger partial charge in [-0.2, -0.15) is 0 Å². The SMILES string of the molecule is Cc1cc(OCC(=O)N2CCC(NC(=O)c3cccc4ccccc34)CC2)cc(C)c1Cl. The minimum Gasteiger partial charge on any atom is -0.484 e. The number of nitrogens with one attached hydrogen (secondary N) is 1. The molecular formula is C26H27ClN2O3. The molecule has 1 heterocycles. The minimum absolute atomic E-state index is 0.00641. The molecule has 166 valence electrons. The number of fused-ring (bicyclic) bond motifs is 1. The van der Waals surface area contributed by atoms with E-state index in [-0.39, 0.29) is 24.5 Å². The van der Waals surface area contributed by atoms with Gasteiger partial charge in [0.25, 0.3) is 11.8 Å². The maximum absolute atomic E-state index is 12.9. The number of piperidine rings is 1. The molecule has 3 aromatic carbocycles. The van der Waals surface area contributed by atoms with Crippen molar-refractivity contribution >= 4 is 34.2 Å². The van der Waals surface area contributed by atoms with Gasteiger partial charge in [-0.1, -0.05) is 48.0 Å². The first-order chi connectivity index (χ1) is 15.4. The van der Waals surface area contributed by atoms with E-state index in [2.05, 4.69) is 5.32 Å². The van der Waals surface area contributed by atoms with Gasteiger partial charge in [0.05, 0.1) is 0 Å². The third-order valence-corrected chi connectivity index (χ3v) is 6.59. The fourth-order valence-electron chi connectivity index (χ4n) is 4.19. The Morgan fingerprint density at radius 1 is 1.03 bits per heavy atom. The summed E-state index contributed by atoms with van der Waals surface area (Å²) in [6.45, 7) is 5.03. The molecule has 32 heavy (non-hydrogen) atoms. The molecule has 0 saturated carbocycles. The lowest BCUT2D eigenvalue weighted by molar-refractivity contribution is -0.134. The average Bonchev–Trinajstić information content (AvgIpc) is 2.81. The van der Waals surface area contributed by atoms with Crippen molar-refractivity contribution in [1.29, 1.82) is 0 Å². The zero-order chi connectivity index (χ0) is 22.7. The van der Waals surface area contributed by atoms with Crippen LogP contribution in [0.3, 0.4) is 0 Å². The van der Waals surface area contributed by atoms with Crippen molar-refractivity contribution in [3.63, 3.8) is 0 Å². The number of likely N-dealkylation sites (tertiary alicyclic amines) is 1. The van der Waals surface area contributed by atoms with Crippen LogP contribution < -0.4 is 10.1 Å². The number of rotatable bonds is 5. The number of carbonyl (C=O) groups is 2. The number of aryl methyl sites for hydroxylation is 2. The molecule has 1 aliphatic rings. The monoisotopic (exact) mass is 450 g/mol. The lowest BCUT2D eigenvalue weighted by Gasteiger charge is -2.32. The lowest BCUT2D eigenvalue weighted by atomic mass is 10.0. The zero-order valence-electron chi connectivity index (χ0n) is 18.4. The molecular weight excluding hydrogens is 424 g/mol. The number of benzene rings is 3. The Balaban J connectivity index is 1.29. The molecule has 2 amide bonds. The molecule has 6 heteroatoms. The van der Waals surface area contributed by atoms with Crippen LogP contribution in [0.15, 0.2) is 54.6 Å². The van der Waals surface area contributed by atoms with Gasteiger partial charge >= 0.3 is 0 Å². The van der Waals surface area contributed by atoms with Crippen molar-refractivity contribution < 1.29 is 14.3 Å². The van der Waals surface area contributed by atoms with E-state index in [0.717, 1.165) is 39.8 Å². The van der Waals surface area contributed by atoms with Crippen LogP contribution >= 0.6 is 11.6 Å². The second-order valence-corrected chi connectivity index (χ2v) is 8.69. The van der Waals surface area contributed by atoms with Crippen LogP contribution in [0.1, 0.15) is 34.3 Å². The van der Waals surface area contributed by atoms with Crippen molar-refractivity contribution in [2.45, 2.75) is 32.7 Å². The van der Waals surface area contributed by atoms with Crippen molar-refractivity contribution in [2.75, 3.05) is 19.7 Å². The average molecular weight is 451 g/mol. The Morgan fingerprint density at radius 3 is 2.41 bits per heavy atom. The van der Waals surface area contributed by atoms with Crippen molar-refractivity contribution in [1.82, 2.24) is 10.2 Å². The normalized spacial score (nSPS) is 14.4. The number of amides is 2. The molecule has 1 aliphatic heterocycles. The molecule has 1 saturated heterocycles. The summed E-state index contributed by atoms with van der Waals surface area (Å²) in [5.41, 5.74) is 2.54. The molecule has 1 fully saturated rings. The molecule has 4 rings (SSSR count). The summed E-state index contributed by atoms with van der Waals surface area (Å²) in [4.78, 5) is 27.3. The van der Waals surface area contributed by atoms with Gasteiger partial charge in [-0.3, -0.25) is 9.59 Å². The first-order valence-corrected chi connectivity index (χ1v) is 11.3. The summed E-state index contributed by atoms with van der Waals surface area (Å²) in [7, 11) is 0. The van der Waals surface area contributed by atoms with Gasteiger partial charge in [0.15, 0.2) is 6.61 Å². The van der Waals surface area contributed by atoms with Crippen molar-refractivity contribution in [3.8, 4) is 5.75 Å². The van der Waals surface area contributed by atoms with E-state index in [9.17, 15) is 9.59 Å². The zero-order valence-corrected chi connectivity index (χ0v) is 19.1. The van der Waals surface area contributed by atoms with Crippen molar-refractivity contribution in [2.24, 2.45) is 0 Å². The first kappa shape index (κ1) is 22.2. The predicted octanol–water partition coefficient (Wildman–Crippen LogP) is 4.91. The van der Waals surface area contributed by atoms with E-state index < -0.39 is 0 Å². The van der Waals surface area contributed by atoms with Crippen LogP contribution in [0.2, 0.25) is 5.02 Å². The maximum Gasteiger partial charge on any atom is 0.260 e. The number of carbonyl (C=O) groups excluding carboxylic acids is 2. The van der Waals surface area contributed by atoms with E-state index >= 15 is 0 Å². The summed E-state index contributed by atoms with van der Waals surface area (Å²) < 4.78 is 5.71. The van der Waals surface area contributed by atoms with Gasteiger partial charge in [0.1, 0.15) is 5.75 Å². The van der Waals surface area contributed by atoms with E-state index in [4.69, 9.17) is 16.3 Å². The van der Waals surface area contributed by atoms with Gasteiger partial charge in [-0.15, -0.1) is 0 Å². The standard InChI is InChI=1S/C26H27ClN2O3/c1-17-14-21(15-18(2)25(17)27)32-16-24(30)29-12-10-20(11-13-29)28-26(31)23-9-5-7-19-6-3-4-8-22(19)23/h3-9,14-15,20H,10-13,16H2,1-2H3,(H,28,31). The van der Waals surface area contributed by atoms with Crippen LogP contribution in [0.5, 0.6) is 5.75 Å². The molecule has 0 unspecified atom stereocenters. The largest absolute Gasteiger partial charge is 0.484 e. The highest BCUT2D eigenvalue weighted by molar-refractivity contribution is 6.32. The Labute approximate surface area is 193 Å². The lowest BCUT2D eigenvalue weighted by Crippen LogP contribution is -2.47. The summed E-state index contributed by atoms with van der Waals surface area (Å²) in [5, 5.41) is 5.86. The molecule has 1 N–H and O–H groups in total. The van der Waals surface area contributed by atoms with E-state index in [1.807, 2.05) is 68.4 Å². The molecule has 0 bridgehead atoms. The molecule has 0 radical (unpaired) electrons. The predicted molar refractivity (Wildman–Crippen MR) is 127 cm³/mol. The Hall–Kier alpha value is -3.05. The number of ether oxygens (including phenoxy) is 1. The molecule has 5 nitrogen and oxygen atoms in total. The summed E-state index contributed by atoms with van der Waals surface area (Å²) in [6.07, 6.45) is 1.45. The Morgan fingerprint density at radius 2 is 1.69 bits per heavy atom. The van der Waals surface area contributed by atoms with Gasteiger partial charge in [-0.05, 0) is 66.8 Å². The second-order valence-electron chi connectivity index (χ2n) is 8.31. The third kappa shape index (κ3) is 4.89. The highest BCUT2D eigenvalue weighted by Gasteiger charge is 2.25. The summed E-state index contributed by atoms with van der Waals surface area (Å²) >= 11 is 6.19. The summed E-state index contributed by atoms with van der Waals surface area (Å²) in [5.74, 6) is 0.535. The molecule has 0 aliphatic carbocycles. The fourth-order valence-corrected chi connectivity index (χ4v) is 4.29. The van der Waals surface area contributed by atoms with Gasteiger partial charge < -0.3 is 15.0 Å². The number of halogens is 1. The van der Waals surface area contributed by atoms with Crippen LogP contribution in [-0.2, 0) is 4.79 Å². The van der Waals surface area contributed by atoms with Gasteiger partial charge in [0.2, 0.25) is 0 Å². The molecule has 3 aromatic rings. The number of nitrogens with zero attached hydrogens (tertiary/aromatic N) is 1. The molecule has 0 spiro atoms. The van der Waals surface area contributed by atoms with E-state index in [0.29, 0.717) is 24.4 Å². The van der Waals surface area contributed by atoms with Gasteiger partial charge in [0, 0.05) is 29.7 Å². The van der Waals surface area contributed by atoms with Crippen LogP contribution in [0.25, 0.3) is 10.8 Å². The topological polar surface area (TPSA) is 58.6 Å². The Bertz CT molecular complexity index is 1120. The maximum atomic E-state index is 12.9. The molecule has 0 atom stereocenters. The van der Waals surface area contributed by atoms with E-state index in [1.54, 1.807) is 4.90 Å². The van der Waals surface area contributed by atoms with Crippen LogP contribution in [-0.4, -0.2) is 42.5 Å². The highest BCUT2D eigenvalue weighted by Crippen LogP contribution is 2.26. The summed E-state index contributed by atoms with van der Waals surface area (Å²) in [6, 6.07) is 17.4. The highest BCUT2D eigenvalue weighted by atomic mass is 35.5. The second kappa shape index (κ2) is 9.61. The Kier molecular flexibility index (Phi) is 6.66. The van der Waals surface area contributed by atoms with E-state index in [1.165, 1.54) is 0 Å². The van der Waals surface area contributed by atoms with Crippen LogP contribution in [0.4, 0.5) is 0 Å². The minimum atomic E-state index is -0.0663. The van der Waals surface area contributed by atoms with Crippen LogP contribution in [0, 0.1) is 13.8 Å². The van der Waals surface area contributed by atoms with Crippen molar-refractivity contribution in [3.05, 3.63) is 76.3 Å². The quantitative estimate of drug-likeness (QED) is 0.600. The third-order valence-electron chi connectivity index (χ3n) is 5.99. The smallest absolute Gasteiger partial charge is 0.260 e. The first-order valence-electron chi connectivity index (χ1n) is 10.9. The molecule has 0 aromatic heterocycles. The van der Waals surface area contributed by atoms with Gasteiger partial charge in [-0.25, -0.2) is 0 Å².